The smallest absolute Gasteiger partial charge is 0.340 e. The zero-order valence-corrected chi connectivity index (χ0v) is 13.5. The van der Waals surface area contributed by atoms with Crippen molar-refractivity contribution in [2.24, 2.45) is 0 Å². The molecule has 3 rings (SSSR count). The summed E-state index contributed by atoms with van der Waals surface area (Å²) in [6.45, 7) is 0. The Hall–Kier alpha value is -2.79. The highest BCUT2D eigenvalue weighted by atomic mass is 35.5. The van der Waals surface area contributed by atoms with E-state index in [1.54, 1.807) is 42.5 Å². The minimum absolute atomic E-state index is 0.0572. The van der Waals surface area contributed by atoms with Gasteiger partial charge in [-0.15, -0.1) is 0 Å². The van der Waals surface area contributed by atoms with Crippen LogP contribution in [0.15, 0.2) is 51.7 Å². The Bertz CT molecular complexity index is 990. The Labute approximate surface area is 142 Å². The van der Waals surface area contributed by atoms with Crippen LogP contribution in [0.2, 0.25) is 5.02 Å². The van der Waals surface area contributed by atoms with Crippen LogP contribution in [0.5, 0.6) is 5.75 Å². The number of benzene rings is 2. The Morgan fingerprint density at radius 3 is 2.71 bits per heavy atom. The van der Waals surface area contributed by atoms with E-state index < -0.39 is 18.0 Å². The van der Waals surface area contributed by atoms with E-state index in [2.05, 4.69) is 0 Å². The van der Waals surface area contributed by atoms with Gasteiger partial charge in [-0.3, -0.25) is 4.79 Å². The van der Waals surface area contributed by atoms with Crippen molar-refractivity contribution in [3.8, 4) is 16.9 Å². The first-order valence-electron chi connectivity index (χ1n) is 7.11. The highest BCUT2D eigenvalue weighted by Gasteiger charge is 2.21. The van der Waals surface area contributed by atoms with Gasteiger partial charge in [0.05, 0.1) is 19.1 Å². The van der Waals surface area contributed by atoms with E-state index in [1.807, 2.05) is 0 Å². The van der Waals surface area contributed by atoms with Gasteiger partial charge in [-0.05, 0) is 24.3 Å². The Kier molecular flexibility index (Phi) is 4.27. The molecule has 2 aromatic carbocycles. The van der Waals surface area contributed by atoms with E-state index in [0.29, 0.717) is 32.9 Å². The normalized spacial score (nSPS) is 10.8. The summed E-state index contributed by atoms with van der Waals surface area (Å²) in [6, 6.07) is 11.9. The van der Waals surface area contributed by atoms with Crippen LogP contribution in [0, 0.1) is 0 Å². The third-order valence-corrected chi connectivity index (χ3v) is 3.90. The summed E-state index contributed by atoms with van der Waals surface area (Å²) >= 11 is 6.08. The molecule has 0 unspecified atom stereocenters. The molecule has 122 valence electrons. The maximum absolute atomic E-state index is 12.3. The monoisotopic (exact) mass is 344 g/mol. The molecule has 0 radical (unpaired) electrons. The lowest BCUT2D eigenvalue weighted by molar-refractivity contribution is -0.136. The minimum atomic E-state index is -1.13. The standard InChI is InChI=1S/C18H13ClO5/c1-23-14-5-3-2-4-11(14)17-12-8-10(19)6-7-15(12)24-18(22)13(17)9-16(20)21/h2-8H,9H2,1H3,(H,20,21). The number of ether oxygens (including phenoxy) is 1. The van der Waals surface area contributed by atoms with E-state index in [0.717, 1.165) is 0 Å². The Morgan fingerprint density at radius 1 is 1.25 bits per heavy atom. The number of hydrogen-bond donors (Lipinski definition) is 1. The van der Waals surface area contributed by atoms with Crippen molar-refractivity contribution < 1.29 is 19.1 Å². The molecule has 0 saturated heterocycles. The van der Waals surface area contributed by atoms with Gasteiger partial charge in [0.2, 0.25) is 0 Å². The molecular formula is C18H13ClO5. The highest BCUT2D eigenvalue weighted by Crippen LogP contribution is 2.37. The molecule has 0 fully saturated rings. The molecular weight excluding hydrogens is 332 g/mol. The van der Waals surface area contributed by atoms with Gasteiger partial charge in [0.15, 0.2) is 0 Å². The maximum Gasteiger partial charge on any atom is 0.340 e. The number of carboxylic acids is 1. The number of fused-ring (bicyclic) bond motifs is 1. The summed E-state index contributed by atoms with van der Waals surface area (Å²) in [7, 11) is 1.51. The number of rotatable bonds is 4. The number of methoxy groups -OCH3 is 1. The van der Waals surface area contributed by atoms with Gasteiger partial charge >= 0.3 is 11.6 Å². The number of carboxylic acid groups (broad SMARTS) is 1. The second-order valence-corrected chi connectivity index (χ2v) is 5.59. The number of hydrogen-bond acceptors (Lipinski definition) is 4. The van der Waals surface area contributed by atoms with Crippen LogP contribution in [0.4, 0.5) is 0 Å². The fourth-order valence-electron chi connectivity index (χ4n) is 2.68. The first-order valence-corrected chi connectivity index (χ1v) is 7.49. The van der Waals surface area contributed by atoms with Crippen LogP contribution in [0.3, 0.4) is 0 Å². The Morgan fingerprint density at radius 2 is 2.00 bits per heavy atom. The fourth-order valence-corrected chi connectivity index (χ4v) is 2.86. The lowest BCUT2D eigenvalue weighted by Crippen LogP contribution is -2.15. The quantitative estimate of drug-likeness (QED) is 0.729. The second kappa shape index (κ2) is 6.37. The summed E-state index contributed by atoms with van der Waals surface area (Å²) in [4.78, 5) is 23.6. The molecule has 5 nitrogen and oxygen atoms in total. The van der Waals surface area contributed by atoms with Crippen molar-refractivity contribution in [3.05, 3.63) is 63.5 Å². The zero-order valence-electron chi connectivity index (χ0n) is 12.7. The van der Waals surface area contributed by atoms with Crippen LogP contribution in [-0.2, 0) is 11.2 Å². The summed E-state index contributed by atoms with van der Waals surface area (Å²) in [5.41, 5.74) is 0.773. The average molecular weight is 345 g/mol. The second-order valence-electron chi connectivity index (χ2n) is 5.15. The van der Waals surface area contributed by atoms with Gasteiger partial charge < -0.3 is 14.3 Å². The average Bonchev–Trinajstić information content (AvgIpc) is 2.56. The maximum atomic E-state index is 12.3. The van der Waals surface area contributed by atoms with Gasteiger partial charge in [-0.1, -0.05) is 29.8 Å². The predicted molar refractivity (Wildman–Crippen MR) is 90.8 cm³/mol. The van der Waals surface area contributed by atoms with Gasteiger partial charge in [0.1, 0.15) is 11.3 Å². The number of halogens is 1. The molecule has 1 heterocycles. The lowest BCUT2D eigenvalue weighted by Gasteiger charge is -2.14. The first-order chi connectivity index (χ1) is 11.5. The summed E-state index contributed by atoms with van der Waals surface area (Å²) < 4.78 is 10.6. The Balaban J connectivity index is 2.47. The van der Waals surface area contributed by atoms with Crippen molar-refractivity contribution >= 4 is 28.5 Å². The van der Waals surface area contributed by atoms with E-state index in [1.165, 1.54) is 7.11 Å². The summed E-state index contributed by atoms with van der Waals surface area (Å²) in [6.07, 6.45) is -0.460. The molecule has 0 amide bonds. The van der Waals surface area contributed by atoms with Gasteiger partial charge in [0.25, 0.3) is 0 Å². The minimum Gasteiger partial charge on any atom is -0.496 e. The van der Waals surface area contributed by atoms with Crippen LogP contribution in [-0.4, -0.2) is 18.2 Å². The van der Waals surface area contributed by atoms with Gasteiger partial charge in [-0.2, -0.15) is 0 Å². The fraction of sp³-hybridized carbons (Fsp3) is 0.111. The van der Waals surface area contributed by atoms with Crippen molar-refractivity contribution in [2.45, 2.75) is 6.42 Å². The van der Waals surface area contributed by atoms with Crippen LogP contribution < -0.4 is 10.4 Å². The molecule has 6 heteroatoms. The van der Waals surface area contributed by atoms with Crippen molar-refractivity contribution in [1.82, 2.24) is 0 Å². The van der Waals surface area contributed by atoms with Crippen molar-refractivity contribution in [3.63, 3.8) is 0 Å². The van der Waals surface area contributed by atoms with Crippen LogP contribution in [0.1, 0.15) is 5.56 Å². The largest absolute Gasteiger partial charge is 0.496 e. The zero-order chi connectivity index (χ0) is 17.3. The van der Waals surface area contributed by atoms with E-state index in [4.69, 9.17) is 20.8 Å². The predicted octanol–water partition coefficient (Wildman–Crippen LogP) is 3.75. The van der Waals surface area contributed by atoms with Crippen molar-refractivity contribution in [1.29, 1.82) is 0 Å². The first kappa shape index (κ1) is 16.1. The summed E-state index contributed by atoms with van der Waals surface area (Å²) in [5.74, 6) is -0.601. The molecule has 0 aliphatic heterocycles. The van der Waals surface area contributed by atoms with Crippen LogP contribution in [0.25, 0.3) is 22.1 Å². The molecule has 0 aliphatic carbocycles. The van der Waals surface area contributed by atoms with E-state index in [9.17, 15) is 14.7 Å². The molecule has 3 aromatic rings. The van der Waals surface area contributed by atoms with Gasteiger partial charge in [-0.25, -0.2) is 4.79 Å². The SMILES string of the molecule is COc1ccccc1-c1c(CC(=O)O)c(=O)oc2ccc(Cl)cc12. The molecule has 1 N–H and O–H groups in total. The molecule has 1 aromatic heterocycles. The molecule has 24 heavy (non-hydrogen) atoms. The number of para-hydroxylation sites is 1. The summed E-state index contributed by atoms with van der Waals surface area (Å²) in [5, 5.41) is 10.2. The van der Waals surface area contributed by atoms with Crippen LogP contribution >= 0.6 is 11.6 Å². The number of carbonyl (C=O) groups is 1. The van der Waals surface area contributed by atoms with E-state index >= 15 is 0 Å². The topological polar surface area (TPSA) is 76.7 Å². The molecule has 0 atom stereocenters. The third-order valence-electron chi connectivity index (χ3n) is 3.67. The molecule has 0 aliphatic rings. The molecule has 0 bridgehead atoms. The number of aliphatic carboxylic acids is 1. The molecule has 0 spiro atoms. The highest BCUT2D eigenvalue weighted by molar-refractivity contribution is 6.31. The molecule has 0 saturated carbocycles. The lowest BCUT2D eigenvalue weighted by atomic mass is 9.95. The van der Waals surface area contributed by atoms with Gasteiger partial charge in [0, 0.05) is 21.5 Å². The third kappa shape index (κ3) is 2.86. The van der Waals surface area contributed by atoms with Crippen molar-refractivity contribution in [2.75, 3.05) is 7.11 Å². The van der Waals surface area contributed by atoms with E-state index in [-0.39, 0.29) is 5.56 Å².